The predicted octanol–water partition coefficient (Wildman–Crippen LogP) is 4.13. The average molecular weight is 385 g/mol. The molecule has 1 heterocycles. The van der Waals surface area contributed by atoms with Gasteiger partial charge >= 0.3 is 5.97 Å². The first-order valence-corrected chi connectivity index (χ1v) is 9.04. The highest BCUT2D eigenvalue weighted by Gasteiger charge is 2.16. The van der Waals surface area contributed by atoms with E-state index in [9.17, 15) is 19.1 Å². The molecule has 0 radical (unpaired) electrons. The maximum Gasteiger partial charge on any atom is 0.310 e. The summed E-state index contributed by atoms with van der Waals surface area (Å²) < 4.78 is 13.3. The average Bonchev–Trinajstić information content (AvgIpc) is 2.59. The van der Waals surface area contributed by atoms with E-state index in [1.54, 1.807) is 18.2 Å². The number of aliphatic carboxylic acids is 1. The van der Waals surface area contributed by atoms with Crippen LogP contribution in [0, 0.1) is 12.7 Å². The second-order valence-electron chi connectivity index (χ2n) is 7.01. The number of aryl methyl sites for hydroxylation is 1. The highest BCUT2D eigenvalue weighted by Crippen LogP contribution is 2.31. The van der Waals surface area contributed by atoms with Gasteiger partial charge in [0.1, 0.15) is 18.0 Å². The van der Waals surface area contributed by atoms with E-state index < -0.39 is 24.3 Å². The Morgan fingerprint density at radius 2 is 1.86 bits per heavy atom. The summed E-state index contributed by atoms with van der Waals surface area (Å²) in [4.78, 5) is 26.8. The summed E-state index contributed by atoms with van der Waals surface area (Å²) >= 11 is 0. The minimum Gasteiger partial charge on any atom is -0.481 e. The van der Waals surface area contributed by atoms with Gasteiger partial charge in [0.15, 0.2) is 0 Å². The van der Waals surface area contributed by atoms with Gasteiger partial charge in [-0.2, -0.15) is 0 Å². The largest absolute Gasteiger partial charge is 0.481 e. The number of halogens is 1. The van der Waals surface area contributed by atoms with Crippen LogP contribution in [0.25, 0.3) is 17.2 Å². The number of hydrogen-bond donors (Lipinski definition) is 2. The van der Waals surface area contributed by atoms with Crippen LogP contribution < -0.4 is 0 Å². The molecule has 1 aromatic carbocycles. The van der Waals surface area contributed by atoms with Gasteiger partial charge in [-0.25, -0.2) is 4.39 Å². The molecule has 148 valence electrons. The Kier molecular flexibility index (Phi) is 7.18. The van der Waals surface area contributed by atoms with Crippen molar-refractivity contribution in [1.82, 2.24) is 4.98 Å². The summed E-state index contributed by atoms with van der Waals surface area (Å²) in [7, 11) is 0. The first kappa shape index (κ1) is 21.4. The number of aromatic nitrogens is 1. The number of carbonyl (C=O) groups excluding carboxylic acids is 1. The van der Waals surface area contributed by atoms with E-state index in [0.29, 0.717) is 0 Å². The number of aliphatic hydroxyl groups excluding tert-OH is 1. The molecule has 0 saturated heterocycles. The first-order valence-electron chi connectivity index (χ1n) is 9.04. The summed E-state index contributed by atoms with van der Waals surface area (Å²) in [5, 5.41) is 18.8. The van der Waals surface area contributed by atoms with Crippen molar-refractivity contribution in [3.8, 4) is 11.1 Å². The van der Waals surface area contributed by atoms with Gasteiger partial charge < -0.3 is 10.2 Å². The summed E-state index contributed by atoms with van der Waals surface area (Å²) in [6.07, 6.45) is 1.17. The fourth-order valence-corrected chi connectivity index (χ4v) is 2.94. The molecule has 28 heavy (non-hydrogen) atoms. The second-order valence-corrected chi connectivity index (χ2v) is 7.01. The third kappa shape index (κ3) is 5.82. The number of benzene rings is 1. The van der Waals surface area contributed by atoms with E-state index >= 15 is 0 Å². The van der Waals surface area contributed by atoms with E-state index in [-0.39, 0.29) is 18.2 Å². The number of Topliss-reactive ketones (excluding diaryl/α,β-unsaturated/α-hetero) is 1. The van der Waals surface area contributed by atoms with Crippen LogP contribution in [0.4, 0.5) is 4.39 Å². The van der Waals surface area contributed by atoms with Crippen molar-refractivity contribution in [1.29, 1.82) is 0 Å². The third-order valence-electron chi connectivity index (χ3n) is 4.19. The van der Waals surface area contributed by atoms with Gasteiger partial charge in [-0.3, -0.25) is 14.6 Å². The molecule has 1 unspecified atom stereocenters. The van der Waals surface area contributed by atoms with Crippen LogP contribution in [-0.2, 0) is 9.59 Å². The molecule has 2 rings (SSSR count). The van der Waals surface area contributed by atoms with Gasteiger partial charge in [0.2, 0.25) is 0 Å². The molecule has 6 heteroatoms. The Bertz CT molecular complexity index is 888. The Morgan fingerprint density at radius 1 is 1.21 bits per heavy atom. The van der Waals surface area contributed by atoms with Crippen molar-refractivity contribution in [2.75, 3.05) is 0 Å². The van der Waals surface area contributed by atoms with E-state index in [4.69, 9.17) is 5.11 Å². The molecule has 0 saturated carbocycles. The minimum atomic E-state index is -1.22. The Labute approximate surface area is 163 Å². The normalized spacial score (nSPS) is 12.5. The topological polar surface area (TPSA) is 87.5 Å². The number of carboxylic acid groups (broad SMARTS) is 1. The predicted molar refractivity (Wildman–Crippen MR) is 105 cm³/mol. The molecule has 0 spiro atoms. The maximum absolute atomic E-state index is 13.3. The number of aliphatic hydroxyl groups is 1. The summed E-state index contributed by atoms with van der Waals surface area (Å²) in [6, 6.07) is 8.01. The quantitative estimate of drug-likeness (QED) is 0.667. The van der Waals surface area contributed by atoms with Crippen LogP contribution in [0.1, 0.15) is 49.6 Å². The molecular weight excluding hydrogens is 361 g/mol. The van der Waals surface area contributed by atoms with Crippen molar-refractivity contribution in [2.45, 2.75) is 45.6 Å². The van der Waals surface area contributed by atoms with Gasteiger partial charge in [0, 0.05) is 17.7 Å². The SMILES string of the molecule is Cc1cc(-c2ccc(F)cc2)c(C=CC(O)CC(=O)CC(=O)O)c(C(C)C)n1. The lowest BCUT2D eigenvalue weighted by molar-refractivity contribution is -0.140. The number of hydrogen-bond acceptors (Lipinski definition) is 4. The second kappa shape index (κ2) is 9.37. The van der Waals surface area contributed by atoms with Crippen LogP contribution in [0.2, 0.25) is 0 Å². The molecular formula is C22H24FNO4. The van der Waals surface area contributed by atoms with E-state index in [0.717, 1.165) is 28.1 Å². The summed E-state index contributed by atoms with van der Waals surface area (Å²) in [6.45, 7) is 5.88. The molecule has 0 amide bonds. The Balaban J connectivity index is 2.41. The minimum absolute atomic E-state index is 0.101. The maximum atomic E-state index is 13.3. The molecule has 0 aliphatic rings. The highest BCUT2D eigenvalue weighted by molar-refractivity contribution is 5.95. The van der Waals surface area contributed by atoms with Crippen LogP contribution in [-0.4, -0.2) is 33.1 Å². The smallest absolute Gasteiger partial charge is 0.310 e. The zero-order valence-electron chi connectivity index (χ0n) is 16.1. The zero-order valence-corrected chi connectivity index (χ0v) is 16.1. The molecule has 5 nitrogen and oxygen atoms in total. The van der Waals surface area contributed by atoms with Crippen LogP contribution in [0.3, 0.4) is 0 Å². The van der Waals surface area contributed by atoms with Gasteiger partial charge in [-0.05, 0) is 42.2 Å². The van der Waals surface area contributed by atoms with Gasteiger partial charge in [0.05, 0.1) is 11.8 Å². The number of pyridine rings is 1. The van der Waals surface area contributed by atoms with E-state index in [1.165, 1.54) is 18.2 Å². The Hall–Kier alpha value is -2.86. The van der Waals surface area contributed by atoms with Crippen molar-refractivity contribution < 1.29 is 24.2 Å². The number of carboxylic acids is 1. The number of rotatable bonds is 8. The van der Waals surface area contributed by atoms with Gasteiger partial charge in [0.25, 0.3) is 0 Å². The monoisotopic (exact) mass is 385 g/mol. The third-order valence-corrected chi connectivity index (χ3v) is 4.19. The van der Waals surface area contributed by atoms with Crippen LogP contribution in [0.15, 0.2) is 36.4 Å². The van der Waals surface area contributed by atoms with Crippen molar-refractivity contribution >= 4 is 17.8 Å². The summed E-state index contributed by atoms with van der Waals surface area (Å²) in [5.41, 5.74) is 4.07. The molecule has 2 N–H and O–H groups in total. The van der Waals surface area contributed by atoms with Gasteiger partial charge in [-0.15, -0.1) is 0 Å². The van der Waals surface area contributed by atoms with Gasteiger partial charge in [-0.1, -0.05) is 38.1 Å². The van der Waals surface area contributed by atoms with Crippen LogP contribution in [0.5, 0.6) is 0 Å². The van der Waals surface area contributed by atoms with Crippen molar-refractivity contribution in [2.24, 2.45) is 0 Å². The Morgan fingerprint density at radius 3 is 2.43 bits per heavy atom. The first-order chi connectivity index (χ1) is 13.2. The van der Waals surface area contributed by atoms with Crippen molar-refractivity contribution in [3.63, 3.8) is 0 Å². The highest BCUT2D eigenvalue weighted by atomic mass is 19.1. The lowest BCUT2D eigenvalue weighted by atomic mass is 9.93. The van der Waals surface area contributed by atoms with E-state index in [1.807, 2.05) is 26.8 Å². The zero-order chi connectivity index (χ0) is 20.8. The molecule has 0 aliphatic heterocycles. The number of ketones is 1. The number of carbonyl (C=O) groups is 2. The fraction of sp³-hybridized carbons (Fsp3) is 0.318. The lowest BCUT2D eigenvalue weighted by Crippen LogP contribution is -2.14. The summed E-state index contributed by atoms with van der Waals surface area (Å²) in [5.74, 6) is -1.99. The van der Waals surface area contributed by atoms with E-state index in [2.05, 4.69) is 4.98 Å². The molecule has 1 atom stereocenters. The lowest BCUT2D eigenvalue weighted by Gasteiger charge is -2.16. The fourth-order valence-electron chi connectivity index (χ4n) is 2.94. The number of nitrogens with zero attached hydrogens (tertiary/aromatic N) is 1. The van der Waals surface area contributed by atoms with Crippen molar-refractivity contribution in [3.05, 3.63) is 59.2 Å². The molecule has 2 aromatic rings. The molecule has 0 bridgehead atoms. The standard InChI is InChI=1S/C22H24FNO4/c1-13(2)22-19(9-8-17(25)11-18(26)12-21(27)28)20(10-14(3)24-22)15-4-6-16(23)7-5-15/h4-10,13,17,25H,11-12H2,1-3H3,(H,27,28). The molecule has 0 fully saturated rings. The van der Waals surface area contributed by atoms with Crippen LogP contribution >= 0.6 is 0 Å². The molecule has 1 aromatic heterocycles. The molecule has 0 aliphatic carbocycles.